The molecule has 0 bridgehead atoms. The lowest BCUT2D eigenvalue weighted by molar-refractivity contribution is 0.122. The first-order valence-corrected chi connectivity index (χ1v) is 7.06. The van der Waals surface area contributed by atoms with Crippen molar-refractivity contribution in [3.63, 3.8) is 0 Å². The van der Waals surface area contributed by atoms with Crippen LogP contribution in [0.5, 0.6) is 0 Å². The highest BCUT2D eigenvalue weighted by atomic mass is 32.1. The Morgan fingerprint density at radius 2 is 2.06 bits per heavy atom. The number of aliphatic hydroxyl groups is 1. The van der Waals surface area contributed by atoms with Crippen LogP contribution in [0.4, 0.5) is 0 Å². The molecule has 1 aliphatic rings. The number of thiazole rings is 1. The van der Waals surface area contributed by atoms with Crippen LogP contribution in [0.1, 0.15) is 29.8 Å². The van der Waals surface area contributed by atoms with Crippen molar-refractivity contribution >= 4 is 11.3 Å². The third-order valence-electron chi connectivity index (χ3n) is 3.82. The summed E-state index contributed by atoms with van der Waals surface area (Å²) >= 11 is 1.72. The Morgan fingerprint density at radius 1 is 1.33 bits per heavy atom. The summed E-state index contributed by atoms with van der Waals surface area (Å²) in [6.45, 7) is 2.29. The molecule has 1 aliphatic carbocycles. The van der Waals surface area contributed by atoms with Crippen LogP contribution in [-0.4, -0.2) is 21.7 Å². The molecule has 0 unspecified atom stereocenters. The van der Waals surface area contributed by atoms with Crippen molar-refractivity contribution < 1.29 is 5.11 Å². The average molecular weight is 260 g/mol. The summed E-state index contributed by atoms with van der Waals surface area (Å²) in [5.41, 5.74) is 2.17. The monoisotopic (exact) mass is 260 g/mol. The van der Waals surface area contributed by atoms with E-state index in [4.69, 9.17) is 0 Å². The highest BCUT2D eigenvalue weighted by molar-refractivity contribution is 7.15. The normalized spacial score (nSPS) is 17.4. The van der Waals surface area contributed by atoms with Crippen molar-refractivity contribution in [1.29, 1.82) is 0 Å². The topological polar surface area (TPSA) is 46.0 Å². The quantitative estimate of drug-likeness (QED) is 0.923. The molecule has 4 heteroatoms. The third kappa shape index (κ3) is 1.76. The third-order valence-corrected chi connectivity index (χ3v) is 5.27. The van der Waals surface area contributed by atoms with Gasteiger partial charge in [-0.05, 0) is 31.9 Å². The standard InChI is InChI=1S/C14H16N2OS/c1-10-12(14(9-17)5-2-6-14)18-13(16-10)11-3-7-15-8-4-11/h3-4,7-8,17H,2,5-6,9H2,1H3. The molecule has 0 aromatic carbocycles. The molecule has 0 amide bonds. The van der Waals surface area contributed by atoms with Gasteiger partial charge in [-0.3, -0.25) is 4.98 Å². The van der Waals surface area contributed by atoms with Crippen molar-refractivity contribution in [1.82, 2.24) is 9.97 Å². The van der Waals surface area contributed by atoms with Crippen molar-refractivity contribution in [2.24, 2.45) is 0 Å². The van der Waals surface area contributed by atoms with Crippen LogP contribution in [0, 0.1) is 6.92 Å². The van der Waals surface area contributed by atoms with E-state index in [0.29, 0.717) is 0 Å². The first kappa shape index (κ1) is 11.8. The molecule has 2 aromatic heterocycles. The Bertz CT molecular complexity index is 541. The van der Waals surface area contributed by atoms with Crippen LogP contribution in [0.15, 0.2) is 24.5 Å². The van der Waals surface area contributed by atoms with Gasteiger partial charge >= 0.3 is 0 Å². The van der Waals surface area contributed by atoms with Crippen LogP contribution in [0.2, 0.25) is 0 Å². The molecule has 0 radical (unpaired) electrons. The maximum Gasteiger partial charge on any atom is 0.123 e. The fourth-order valence-electron chi connectivity index (χ4n) is 2.57. The molecule has 0 atom stereocenters. The van der Waals surface area contributed by atoms with E-state index in [9.17, 15) is 5.11 Å². The summed E-state index contributed by atoms with van der Waals surface area (Å²) < 4.78 is 0. The van der Waals surface area contributed by atoms with Gasteiger partial charge in [0.2, 0.25) is 0 Å². The molecule has 1 N–H and O–H groups in total. The van der Waals surface area contributed by atoms with Crippen LogP contribution in [0.25, 0.3) is 10.6 Å². The van der Waals surface area contributed by atoms with Gasteiger partial charge in [-0.25, -0.2) is 4.98 Å². The molecule has 1 saturated carbocycles. The number of rotatable bonds is 3. The van der Waals surface area contributed by atoms with E-state index < -0.39 is 0 Å². The minimum absolute atomic E-state index is 0.00691. The highest BCUT2D eigenvalue weighted by Crippen LogP contribution is 2.47. The summed E-state index contributed by atoms with van der Waals surface area (Å²) in [7, 11) is 0. The molecule has 18 heavy (non-hydrogen) atoms. The molecular formula is C14H16N2OS. The Hall–Kier alpha value is -1.26. The zero-order valence-corrected chi connectivity index (χ0v) is 11.2. The van der Waals surface area contributed by atoms with Gasteiger partial charge in [-0.1, -0.05) is 6.42 Å². The molecule has 94 valence electrons. The summed E-state index contributed by atoms with van der Waals surface area (Å²) in [4.78, 5) is 9.95. The zero-order chi connectivity index (χ0) is 12.6. The highest BCUT2D eigenvalue weighted by Gasteiger charge is 2.41. The maximum atomic E-state index is 9.66. The average Bonchev–Trinajstić information content (AvgIpc) is 2.73. The van der Waals surface area contributed by atoms with Gasteiger partial charge in [0.1, 0.15) is 5.01 Å². The second-order valence-electron chi connectivity index (χ2n) is 4.96. The van der Waals surface area contributed by atoms with Gasteiger partial charge in [-0.2, -0.15) is 0 Å². The minimum Gasteiger partial charge on any atom is -0.395 e. The Morgan fingerprint density at radius 3 is 2.61 bits per heavy atom. The Labute approximate surface area is 111 Å². The van der Waals surface area contributed by atoms with E-state index >= 15 is 0 Å². The first-order chi connectivity index (χ1) is 8.75. The van der Waals surface area contributed by atoms with Crippen molar-refractivity contribution in [2.45, 2.75) is 31.6 Å². The van der Waals surface area contributed by atoms with E-state index in [1.54, 1.807) is 23.7 Å². The minimum atomic E-state index is -0.00691. The Balaban J connectivity index is 2.01. The lowest BCUT2D eigenvalue weighted by Crippen LogP contribution is -2.37. The fraction of sp³-hybridized carbons (Fsp3) is 0.429. The van der Waals surface area contributed by atoms with Gasteiger partial charge in [0.25, 0.3) is 0 Å². The molecular weight excluding hydrogens is 244 g/mol. The second-order valence-corrected chi connectivity index (χ2v) is 5.96. The molecule has 0 spiro atoms. The van der Waals surface area contributed by atoms with Gasteiger partial charge in [0.15, 0.2) is 0 Å². The van der Waals surface area contributed by atoms with Crippen molar-refractivity contribution in [3.8, 4) is 10.6 Å². The van der Waals surface area contributed by atoms with Crippen LogP contribution >= 0.6 is 11.3 Å². The second kappa shape index (κ2) is 4.44. The summed E-state index contributed by atoms with van der Waals surface area (Å²) in [6, 6.07) is 3.96. The van der Waals surface area contributed by atoms with Gasteiger partial charge in [-0.15, -0.1) is 11.3 Å². The van der Waals surface area contributed by atoms with E-state index in [1.165, 1.54) is 11.3 Å². The number of aryl methyl sites for hydroxylation is 1. The van der Waals surface area contributed by atoms with Crippen molar-refractivity contribution in [2.75, 3.05) is 6.61 Å². The fourth-order valence-corrected chi connectivity index (χ4v) is 3.88. The largest absolute Gasteiger partial charge is 0.395 e. The predicted octanol–water partition coefficient (Wildman–Crippen LogP) is 2.93. The van der Waals surface area contributed by atoms with Crippen molar-refractivity contribution in [3.05, 3.63) is 35.1 Å². The number of pyridine rings is 1. The number of nitrogens with zero attached hydrogens (tertiary/aromatic N) is 2. The van der Waals surface area contributed by atoms with Crippen LogP contribution in [-0.2, 0) is 5.41 Å². The van der Waals surface area contributed by atoms with E-state index in [1.807, 2.05) is 19.1 Å². The smallest absolute Gasteiger partial charge is 0.123 e. The molecule has 3 rings (SSSR count). The van der Waals surface area contributed by atoms with Gasteiger partial charge in [0.05, 0.1) is 12.3 Å². The van der Waals surface area contributed by atoms with Gasteiger partial charge < -0.3 is 5.11 Å². The van der Waals surface area contributed by atoms with E-state index in [-0.39, 0.29) is 12.0 Å². The molecule has 0 saturated heterocycles. The Kier molecular flexibility index (Phi) is 2.92. The van der Waals surface area contributed by atoms with Crippen LogP contribution in [0.3, 0.4) is 0 Å². The molecule has 0 aliphatic heterocycles. The molecule has 2 aromatic rings. The van der Waals surface area contributed by atoms with E-state index in [2.05, 4.69) is 9.97 Å². The maximum absolute atomic E-state index is 9.66. The number of aliphatic hydroxyl groups excluding tert-OH is 1. The number of hydrogen-bond donors (Lipinski definition) is 1. The number of hydrogen-bond acceptors (Lipinski definition) is 4. The van der Waals surface area contributed by atoms with Crippen LogP contribution < -0.4 is 0 Å². The number of aromatic nitrogens is 2. The SMILES string of the molecule is Cc1nc(-c2ccncc2)sc1C1(CO)CCC1. The summed E-state index contributed by atoms with van der Waals surface area (Å²) in [6.07, 6.45) is 6.96. The molecule has 2 heterocycles. The van der Waals surface area contributed by atoms with E-state index in [0.717, 1.165) is 29.1 Å². The lowest BCUT2D eigenvalue weighted by Gasteiger charge is -2.39. The summed E-state index contributed by atoms with van der Waals surface area (Å²) in [5.74, 6) is 0. The predicted molar refractivity (Wildman–Crippen MR) is 72.7 cm³/mol. The zero-order valence-electron chi connectivity index (χ0n) is 10.4. The lowest BCUT2D eigenvalue weighted by atomic mass is 9.68. The summed E-state index contributed by atoms with van der Waals surface area (Å²) in [5, 5.41) is 10.7. The molecule has 3 nitrogen and oxygen atoms in total. The van der Waals surface area contributed by atoms with Gasteiger partial charge in [0, 0.05) is 28.2 Å². The first-order valence-electron chi connectivity index (χ1n) is 6.24. The molecule has 1 fully saturated rings.